The van der Waals surface area contributed by atoms with Crippen LogP contribution in [0, 0.1) is 0 Å². The Balaban J connectivity index is 1.60. The predicted octanol–water partition coefficient (Wildman–Crippen LogP) is 4.17. The molecule has 1 aliphatic heterocycles. The quantitative estimate of drug-likeness (QED) is 0.430. The summed E-state index contributed by atoms with van der Waals surface area (Å²) in [4.78, 5) is 20.6. The zero-order valence-corrected chi connectivity index (χ0v) is 20.7. The second-order valence-corrected chi connectivity index (χ2v) is 12.0. The van der Waals surface area contributed by atoms with Crippen molar-refractivity contribution in [1.82, 2.24) is 4.90 Å². The zero-order chi connectivity index (χ0) is 24.0. The number of hydrogen-bond donors (Lipinski definition) is 3. The van der Waals surface area contributed by atoms with Crippen molar-refractivity contribution >= 4 is 51.8 Å². The summed E-state index contributed by atoms with van der Waals surface area (Å²) < 4.78 is 39.3. The van der Waals surface area contributed by atoms with E-state index in [2.05, 4.69) is 9.62 Å². The van der Waals surface area contributed by atoms with Crippen molar-refractivity contribution < 1.29 is 22.8 Å². The highest BCUT2D eigenvalue weighted by Gasteiger charge is 2.29. The first kappa shape index (κ1) is 24.2. The molecule has 4 rings (SSSR count). The lowest BCUT2D eigenvalue weighted by atomic mass is 9.88. The fraction of sp³-hybridized carbons (Fsp3) is 0.182. The minimum atomic E-state index is -4.40. The molecule has 3 N–H and O–H groups in total. The Labute approximate surface area is 202 Å². The van der Waals surface area contributed by atoms with Crippen LogP contribution in [0.2, 0.25) is 10.0 Å². The molecule has 0 saturated heterocycles. The fourth-order valence-electron chi connectivity index (χ4n) is 3.99. The molecule has 3 aromatic carbocycles. The van der Waals surface area contributed by atoms with Gasteiger partial charge in [-0.15, -0.1) is 0 Å². The van der Waals surface area contributed by atoms with Crippen molar-refractivity contribution in [3.05, 3.63) is 87.4 Å². The van der Waals surface area contributed by atoms with E-state index in [1.54, 1.807) is 18.2 Å². The standard InChI is InChI=1S/C22H21Cl2N2O5PS/c1-26-11-10-15-12-16(23)13-20(24)21(15)22(26)14-2-8-19(9-3-14)33(30,31)25-17-4-6-18(7-5-17)32(27,28)29/h2-9,12-13,22,25H,10-11H2,1H3,(H2,27,28,29). The zero-order valence-electron chi connectivity index (χ0n) is 17.4. The van der Waals surface area contributed by atoms with Crippen molar-refractivity contribution in [2.75, 3.05) is 18.3 Å². The Morgan fingerprint density at radius 3 is 2.27 bits per heavy atom. The third kappa shape index (κ3) is 5.12. The van der Waals surface area contributed by atoms with Gasteiger partial charge in [-0.1, -0.05) is 35.3 Å². The summed E-state index contributed by atoms with van der Waals surface area (Å²) >= 11 is 12.7. The average molecular weight is 527 g/mol. The van der Waals surface area contributed by atoms with Crippen LogP contribution >= 0.6 is 30.8 Å². The van der Waals surface area contributed by atoms with E-state index >= 15 is 0 Å². The molecular formula is C22H21Cl2N2O5PS. The van der Waals surface area contributed by atoms with Crippen molar-refractivity contribution in [2.45, 2.75) is 17.4 Å². The summed E-state index contributed by atoms with van der Waals surface area (Å²) in [6, 6.07) is 15.0. The normalized spacial score (nSPS) is 16.9. The van der Waals surface area contributed by atoms with E-state index in [-0.39, 0.29) is 21.9 Å². The summed E-state index contributed by atoms with van der Waals surface area (Å²) in [5.74, 6) is 0. The number of nitrogens with zero attached hydrogens (tertiary/aromatic N) is 1. The smallest absolute Gasteiger partial charge is 0.321 e. The third-order valence-corrected chi connectivity index (χ3v) is 8.49. The number of nitrogens with one attached hydrogen (secondary N) is 1. The van der Waals surface area contributed by atoms with Crippen LogP contribution in [-0.2, 0) is 21.0 Å². The average Bonchev–Trinajstić information content (AvgIpc) is 2.73. The summed E-state index contributed by atoms with van der Waals surface area (Å²) in [5, 5.41) is 0.973. The highest BCUT2D eigenvalue weighted by Crippen LogP contribution is 2.40. The minimum absolute atomic E-state index is 0.0613. The number of fused-ring (bicyclic) bond motifs is 1. The summed E-state index contributed by atoms with van der Waals surface area (Å²) in [6.07, 6.45) is 0.819. The molecule has 1 aliphatic rings. The highest BCUT2D eigenvalue weighted by molar-refractivity contribution is 7.92. The van der Waals surface area contributed by atoms with E-state index in [1.807, 2.05) is 13.1 Å². The van der Waals surface area contributed by atoms with Crippen LogP contribution in [0.15, 0.2) is 65.6 Å². The van der Waals surface area contributed by atoms with Gasteiger partial charge in [-0.25, -0.2) is 8.42 Å². The molecule has 0 aliphatic carbocycles. The first-order valence-corrected chi connectivity index (χ1v) is 13.8. The molecule has 1 unspecified atom stereocenters. The van der Waals surface area contributed by atoms with Gasteiger partial charge in [0.15, 0.2) is 0 Å². The van der Waals surface area contributed by atoms with Crippen molar-refractivity contribution in [3.8, 4) is 0 Å². The number of hydrogen-bond acceptors (Lipinski definition) is 4. The summed E-state index contributed by atoms with van der Waals surface area (Å²) in [7, 11) is -6.31. The van der Waals surface area contributed by atoms with Gasteiger partial charge in [0.1, 0.15) is 0 Å². The molecule has 174 valence electrons. The number of likely N-dealkylation sites (N-methyl/N-ethyl adjacent to an activating group) is 1. The molecule has 0 bridgehead atoms. The van der Waals surface area contributed by atoms with E-state index in [4.69, 9.17) is 23.2 Å². The molecule has 0 saturated carbocycles. The topological polar surface area (TPSA) is 107 Å². The number of benzene rings is 3. The molecular weight excluding hydrogens is 506 g/mol. The van der Waals surface area contributed by atoms with Crippen LogP contribution in [0.1, 0.15) is 22.7 Å². The molecule has 11 heteroatoms. The van der Waals surface area contributed by atoms with Gasteiger partial charge in [-0.05, 0) is 78.7 Å². The van der Waals surface area contributed by atoms with Gasteiger partial charge in [-0.2, -0.15) is 0 Å². The molecule has 1 atom stereocenters. The molecule has 0 spiro atoms. The number of sulfonamides is 1. The van der Waals surface area contributed by atoms with Gasteiger partial charge in [0.2, 0.25) is 0 Å². The molecule has 1 heterocycles. The van der Waals surface area contributed by atoms with E-state index in [0.717, 1.165) is 29.7 Å². The molecule has 0 amide bonds. The first-order chi connectivity index (χ1) is 15.5. The van der Waals surface area contributed by atoms with Crippen LogP contribution in [0.4, 0.5) is 5.69 Å². The molecule has 33 heavy (non-hydrogen) atoms. The second kappa shape index (κ2) is 9.04. The maximum atomic E-state index is 12.8. The van der Waals surface area contributed by atoms with Crippen LogP contribution in [0.25, 0.3) is 0 Å². The molecule has 0 radical (unpaired) electrons. The van der Waals surface area contributed by atoms with E-state index < -0.39 is 17.6 Å². The Morgan fingerprint density at radius 2 is 1.67 bits per heavy atom. The van der Waals surface area contributed by atoms with Gasteiger partial charge in [-0.3, -0.25) is 14.2 Å². The summed E-state index contributed by atoms with van der Waals surface area (Å²) in [5.41, 5.74) is 3.13. The van der Waals surface area contributed by atoms with E-state index in [1.165, 1.54) is 36.4 Å². The molecule has 3 aromatic rings. The third-order valence-electron chi connectivity index (χ3n) is 5.59. The maximum absolute atomic E-state index is 12.8. The van der Waals surface area contributed by atoms with Crippen molar-refractivity contribution in [1.29, 1.82) is 0 Å². The van der Waals surface area contributed by atoms with Gasteiger partial charge >= 0.3 is 7.60 Å². The Kier molecular flexibility index (Phi) is 6.64. The Morgan fingerprint density at radius 1 is 1.03 bits per heavy atom. The Bertz CT molecular complexity index is 1340. The number of halogens is 2. The van der Waals surface area contributed by atoms with E-state index in [9.17, 15) is 22.8 Å². The lowest BCUT2D eigenvalue weighted by Crippen LogP contribution is -2.33. The van der Waals surface area contributed by atoms with Crippen LogP contribution in [-0.4, -0.2) is 36.7 Å². The lowest BCUT2D eigenvalue weighted by molar-refractivity contribution is 0.265. The van der Waals surface area contributed by atoms with Gasteiger partial charge in [0, 0.05) is 22.3 Å². The van der Waals surface area contributed by atoms with Crippen LogP contribution in [0.5, 0.6) is 0 Å². The van der Waals surface area contributed by atoms with Crippen LogP contribution < -0.4 is 10.0 Å². The van der Waals surface area contributed by atoms with Crippen molar-refractivity contribution in [3.63, 3.8) is 0 Å². The predicted molar refractivity (Wildman–Crippen MR) is 130 cm³/mol. The first-order valence-electron chi connectivity index (χ1n) is 9.93. The summed E-state index contributed by atoms with van der Waals surface area (Å²) in [6.45, 7) is 0.806. The fourth-order valence-corrected chi connectivity index (χ4v) is 6.22. The molecule has 0 fully saturated rings. The second-order valence-electron chi connectivity index (χ2n) is 7.86. The van der Waals surface area contributed by atoms with Crippen LogP contribution in [0.3, 0.4) is 0 Å². The Hall–Kier alpha value is -1.90. The minimum Gasteiger partial charge on any atom is -0.321 e. The van der Waals surface area contributed by atoms with Gasteiger partial charge in [0.25, 0.3) is 10.0 Å². The molecule has 7 nitrogen and oxygen atoms in total. The largest absolute Gasteiger partial charge is 0.356 e. The monoisotopic (exact) mass is 526 g/mol. The van der Waals surface area contributed by atoms with Gasteiger partial charge < -0.3 is 9.79 Å². The highest BCUT2D eigenvalue weighted by atomic mass is 35.5. The molecule has 0 aromatic heterocycles. The number of rotatable bonds is 5. The number of anilines is 1. The van der Waals surface area contributed by atoms with Crippen molar-refractivity contribution in [2.24, 2.45) is 0 Å². The lowest BCUT2D eigenvalue weighted by Gasteiger charge is -2.35. The van der Waals surface area contributed by atoms with E-state index in [0.29, 0.717) is 10.0 Å². The SMILES string of the molecule is CN1CCc2cc(Cl)cc(Cl)c2C1c1ccc(S(=O)(=O)Nc2ccc(P(=O)(O)O)cc2)cc1. The van der Waals surface area contributed by atoms with Gasteiger partial charge in [0.05, 0.1) is 16.2 Å². The maximum Gasteiger partial charge on any atom is 0.356 e.